The molecule has 0 unspecified atom stereocenters. The van der Waals surface area contributed by atoms with Crippen molar-refractivity contribution in [1.82, 2.24) is 34.6 Å². The molecule has 0 saturated heterocycles. The Bertz CT molecular complexity index is 1250. The lowest BCUT2D eigenvalue weighted by atomic mass is 10.1. The van der Waals surface area contributed by atoms with E-state index in [-0.39, 0.29) is 6.10 Å². The first-order valence-corrected chi connectivity index (χ1v) is 9.74. The first-order chi connectivity index (χ1) is 14.9. The van der Waals surface area contributed by atoms with E-state index in [0.29, 0.717) is 39.1 Å². The van der Waals surface area contributed by atoms with E-state index in [2.05, 4.69) is 35.9 Å². The molecule has 0 aromatic carbocycles. The van der Waals surface area contributed by atoms with Crippen molar-refractivity contribution in [3.05, 3.63) is 52.8 Å². The summed E-state index contributed by atoms with van der Waals surface area (Å²) in [4.78, 5) is 23.0. The molecule has 0 saturated carbocycles. The van der Waals surface area contributed by atoms with Crippen LogP contribution in [0.1, 0.15) is 30.0 Å². The standard InChI is InChI=1S/C19H20ClN9O2/c1-10-9-28-18(24-10)16(12(3)31-4)15(8-23-28)27-19(30)26-14-7-13(20)17(25-11(14)2)29-21-5-6-22-29/h5-9,12H,1-4H3,(H2,26,27,30)/t12-/m0/s1. The zero-order chi connectivity index (χ0) is 22.1. The molecule has 0 radical (unpaired) electrons. The third-order valence-corrected chi connectivity index (χ3v) is 4.94. The summed E-state index contributed by atoms with van der Waals surface area (Å²) in [5, 5.41) is 18.3. The summed E-state index contributed by atoms with van der Waals surface area (Å²) >= 11 is 6.32. The van der Waals surface area contributed by atoms with E-state index in [1.807, 2.05) is 13.8 Å². The third kappa shape index (κ3) is 4.05. The molecule has 4 aromatic rings. The highest BCUT2D eigenvalue weighted by Crippen LogP contribution is 2.29. The molecular formula is C19H20ClN9O2. The summed E-state index contributed by atoms with van der Waals surface area (Å²) in [5.41, 5.74) is 3.62. The van der Waals surface area contributed by atoms with Crippen LogP contribution in [0.5, 0.6) is 0 Å². The lowest BCUT2D eigenvalue weighted by molar-refractivity contribution is 0.120. The molecule has 0 bridgehead atoms. The summed E-state index contributed by atoms with van der Waals surface area (Å²) in [6.45, 7) is 5.49. The molecule has 0 fully saturated rings. The van der Waals surface area contributed by atoms with Crippen LogP contribution in [-0.4, -0.2) is 47.7 Å². The Balaban J connectivity index is 1.61. The van der Waals surface area contributed by atoms with Gasteiger partial charge in [0.15, 0.2) is 11.5 Å². The van der Waals surface area contributed by atoms with Crippen LogP contribution < -0.4 is 10.6 Å². The number of rotatable bonds is 5. The zero-order valence-corrected chi connectivity index (χ0v) is 18.0. The van der Waals surface area contributed by atoms with Gasteiger partial charge >= 0.3 is 6.03 Å². The number of halogens is 1. The predicted molar refractivity (Wildman–Crippen MR) is 115 cm³/mol. The molecule has 0 aliphatic rings. The number of anilines is 2. The maximum Gasteiger partial charge on any atom is 0.323 e. The van der Waals surface area contributed by atoms with Crippen molar-refractivity contribution in [3.8, 4) is 5.82 Å². The Morgan fingerprint density at radius 3 is 2.55 bits per heavy atom. The van der Waals surface area contributed by atoms with E-state index < -0.39 is 6.03 Å². The van der Waals surface area contributed by atoms with Gasteiger partial charge in [-0.25, -0.2) is 19.3 Å². The van der Waals surface area contributed by atoms with Crippen molar-refractivity contribution >= 4 is 34.7 Å². The second kappa shape index (κ2) is 8.28. The smallest absolute Gasteiger partial charge is 0.323 e. The van der Waals surface area contributed by atoms with Gasteiger partial charge in [-0.15, -0.1) is 4.80 Å². The first-order valence-electron chi connectivity index (χ1n) is 9.37. The van der Waals surface area contributed by atoms with Crippen LogP contribution in [0.3, 0.4) is 0 Å². The summed E-state index contributed by atoms with van der Waals surface area (Å²) in [6, 6.07) is 1.12. The number of pyridine rings is 1. The fourth-order valence-electron chi connectivity index (χ4n) is 3.12. The summed E-state index contributed by atoms with van der Waals surface area (Å²) < 4.78 is 7.14. The van der Waals surface area contributed by atoms with Gasteiger partial charge in [0, 0.05) is 7.11 Å². The maximum absolute atomic E-state index is 12.7. The summed E-state index contributed by atoms with van der Waals surface area (Å²) in [5.74, 6) is 0.371. The second-order valence-corrected chi connectivity index (χ2v) is 7.23. The molecule has 0 aliphatic carbocycles. The lowest BCUT2D eigenvalue weighted by Crippen LogP contribution is -2.22. The van der Waals surface area contributed by atoms with Crippen LogP contribution in [0.4, 0.5) is 16.2 Å². The number of hydrogen-bond acceptors (Lipinski definition) is 7. The molecule has 2 amide bonds. The Hall–Kier alpha value is -3.57. The molecule has 2 N–H and O–H groups in total. The fraction of sp³-hybridized carbons (Fsp3) is 0.263. The van der Waals surface area contributed by atoms with Crippen LogP contribution in [0.15, 0.2) is 30.9 Å². The van der Waals surface area contributed by atoms with Crippen molar-refractivity contribution in [2.75, 3.05) is 17.7 Å². The average Bonchev–Trinajstić information content (AvgIpc) is 3.38. The van der Waals surface area contributed by atoms with Crippen LogP contribution in [0.2, 0.25) is 5.02 Å². The highest BCUT2D eigenvalue weighted by molar-refractivity contribution is 6.32. The molecule has 11 nitrogen and oxygen atoms in total. The van der Waals surface area contributed by atoms with Gasteiger partial charge in [-0.2, -0.15) is 15.3 Å². The molecule has 160 valence electrons. The zero-order valence-electron chi connectivity index (χ0n) is 17.3. The Labute approximate surface area is 182 Å². The van der Waals surface area contributed by atoms with Gasteiger partial charge in [0.2, 0.25) is 0 Å². The number of carbonyl (C=O) groups excluding carboxylic acids is 1. The van der Waals surface area contributed by atoms with Gasteiger partial charge in [-0.1, -0.05) is 11.6 Å². The lowest BCUT2D eigenvalue weighted by Gasteiger charge is -2.17. The van der Waals surface area contributed by atoms with Gasteiger partial charge in [-0.3, -0.25) is 0 Å². The van der Waals surface area contributed by atoms with Crippen LogP contribution in [-0.2, 0) is 4.74 Å². The monoisotopic (exact) mass is 441 g/mol. The predicted octanol–water partition coefficient (Wildman–Crippen LogP) is 3.33. The number of aromatic nitrogens is 7. The van der Waals surface area contributed by atoms with E-state index >= 15 is 0 Å². The van der Waals surface area contributed by atoms with E-state index in [4.69, 9.17) is 16.3 Å². The number of carbonyl (C=O) groups is 1. The van der Waals surface area contributed by atoms with Crippen LogP contribution >= 0.6 is 11.6 Å². The minimum absolute atomic E-state index is 0.293. The topological polar surface area (TPSA) is 124 Å². The van der Waals surface area contributed by atoms with Gasteiger partial charge < -0.3 is 15.4 Å². The van der Waals surface area contributed by atoms with Crippen molar-refractivity contribution in [1.29, 1.82) is 0 Å². The average molecular weight is 442 g/mol. The number of imidazole rings is 1. The van der Waals surface area contributed by atoms with Crippen molar-refractivity contribution in [3.63, 3.8) is 0 Å². The van der Waals surface area contributed by atoms with Gasteiger partial charge in [-0.05, 0) is 26.8 Å². The van der Waals surface area contributed by atoms with Crippen LogP contribution in [0.25, 0.3) is 11.5 Å². The third-order valence-electron chi connectivity index (χ3n) is 4.66. The number of aryl methyl sites for hydroxylation is 2. The highest BCUT2D eigenvalue weighted by atomic mass is 35.5. The molecule has 0 spiro atoms. The Kier molecular flexibility index (Phi) is 5.53. The Morgan fingerprint density at radius 2 is 1.84 bits per heavy atom. The summed E-state index contributed by atoms with van der Waals surface area (Å²) in [6.07, 6.45) is 6.10. The normalized spacial score (nSPS) is 12.2. The van der Waals surface area contributed by atoms with Crippen molar-refractivity contribution < 1.29 is 9.53 Å². The molecule has 4 heterocycles. The van der Waals surface area contributed by atoms with Crippen molar-refractivity contribution in [2.24, 2.45) is 0 Å². The van der Waals surface area contributed by atoms with Crippen LogP contribution in [0, 0.1) is 13.8 Å². The number of methoxy groups -OCH3 is 1. The number of fused-ring (bicyclic) bond motifs is 1. The molecule has 4 aromatic heterocycles. The largest absolute Gasteiger partial charge is 0.377 e. The van der Waals surface area contributed by atoms with E-state index in [9.17, 15) is 4.79 Å². The Morgan fingerprint density at radius 1 is 1.13 bits per heavy atom. The minimum atomic E-state index is -0.482. The van der Waals surface area contributed by atoms with E-state index in [0.717, 1.165) is 5.69 Å². The van der Waals surface area contributed by atoms with Crippen molar-refractivity contribution in [2.45, 2.75) is 26.9 Å². The molecular weight excluding hydrogens is 422 g/mol. The minimum Gasteiger partial charge on any atom is -0.377 e. The quantitative estimate of drug-likeness (QED) is 0.486. The van der Waals surface area contributed by atoms with E-state index in [1.165, 1.54) is 17.2 Å². The maximum atomic E-state index is 12.7. The van der Waals surface area contributed by atoms with Gasteiger partial charge in [0.05, 0.1) is 64.2 Å². The molecule has 12 heteroatoms. The molecule has 0 aliphatic heterocycles. The molecule has 4 rings (SSSR count). The number of urea groups is 1. The number of ether oxygens (including phenoxy) is 1. The second-order valence-electron chi connectivity index (χ2n) is 6.82. The van der Waals surface area contributed by atoms with E-state index in [1.54, 1.807) is 37.0 Å². The fourth-order valence-corrected chi connectivity index (χ4v) is 3.35. The summed E-state index contributed by atoms with van der Waals surface area (Å²) in [7, 11) is 1.59. The molecule has 31 heavy (non-hydrogen) atoms. The number of nitrogens with one attached hydrogen (secondary N) is 2. The van der Waals surface area contributed by atoms with Gasteiger partial charge in [0.25, 0.3) is 0 Å². The number of amides is 2. The molecule has 1 atom stereocenters. The first kappa shape index (κ1) is 20.7. The number of hydrogen-bond donors (Lipinski definition) is 2. The SMILES string of the molecule is CO[C@@H](C)c1c(NC(=O)Nc2cc(Cl)c(-n3nccn3)nc2C)cnn2cc(C)nc12. The number of nitrogens with zero attached hydrogens (tertiary/aromatic N) is 7. The van der Waals surface area contributed by atoms with Gasteiger partial charge in [0.1, 0.15) is 0 Å². The highest BCUT2D eigenvalue weighted by Gasteiger charge is 2.20.